The van der Waals surface area contributed by atoms with E-state index in [9.17, 15) is 4.79 Å². The molecular weight excluding hydrogens is 272 g/mol. The lowest BCUT2D eigenvalue weighted by Gasteiger charge is -2.05. The average Bonchev–Trinajstić information content (AvgIpc) is 2.99. The summed E-state index contributed by atoms with van der Waals surface area (Å²) in [6.45, 7) is 2.73. The average molecular weight is 288 g/mol. The van der Waals surface area contributed by atoms with E-state index >= 15 is 0 Å². The highest BCUT2D eigenvalue weighted by molar-refractivity contribution is 7.08. The molecule has 0 aliphatic heterocycles. The Morgan fingerprint density at radius 3 is 2.80 bits per heavy atom. The molecule has 1 amide bonds. The highest BCUT2D eigenvalue weighted by atomic mass is 32.1. The summed E-state index contributed by atoms with van der Waals surface area (Å²) in [4.78, 5) is 11.8. The minimum Gasteiger partial charge on any atom is -0.494 e. The lowest BCUT2D eigenvalue weighted by molar-refractivity contribution is 0.0955. The van der Waals surface area contributed by atoms with E-state index in [0.717, 1.165) is 17.7 Å². The van der Waals surface area contributed by atoms with Gasteiger partial charge in [0.05, 0.1) is 12.8 Å². The van der Waals surface area contributed by atoms with Crippen LogP contribution in [-0.2, 0) is 0 Å². The zero-order chi connectivity index (χ0) is 14.2. The lowest BCUT2D eigenvalue weighted by Crippen LogP contribution is -2.17. The van der Waals surface area contributed by atoms with Crippen LogP contribution in [-0.4, -0.2) is 18.7 Å². The van der Waals surface area contributed by atoms with E-state index in [-0.39, 0.29) is 5.91 Å². The van der Waals surface area contributed by atoms with Crippen LogP contribution in [0.2, 0.25) is 0 Å². The Balaban J connectivity index is 1.89. The second-order valence-electron chi connectivity index (χ2n) is 4.13. The van der Waals surface area contributed by atoms with Crippen molar-refractivity contribution >= 4 is 23.5 Å². The summed E-state index contributed by atoms with van der Waals surface area (Å²) in [6.07, 6.45) is 2.58. The van der Waals surface area contributed by atoms with Crippen LogP contribution in [0.3, 0.4) is 0 Å². The fourth-order valence-electron chi connectivity index (χ4n) is 1.50. The van der Waals surface area contributed by atoms with Crippen LogP contribution in [0.1, 0.15) is 29.3 Å². The Morgan fingerprint density at radius 2 is 2.15 bits per heavy atom. The SMILES string of the molecule is CCCOc1ccc(C(=O)N/N=C\c2ccsc2)cc1. The molecule has 1 heterocycles. The Bertz CT molecular complexity index is 562. The molecule has 20 heavy (non-hydrogen) atoms. The maximum absolute atomic E-state index is 11.8. The molecule has 0 aliphatic rings. The van der Waals surface area contributed by atoms with Gasteiger partial charge in [-0.05, 0) is 47.5 Å². The van der Waals surface area contributed by atoms with Crippen LogP contribution in [0, 0.1) is 0 Å². The Hall–Kier alpha value is -2.14. The van der Waals surface area contributed by atoms with Crippen molar-refractivity contribution in [1.82, 2.24) is 5.43 Å². The topological polar surface area (TPSA) is 50.7 Å². The molecule has 1 N–H and O–H groups in total. The molecule has 0 radical (unpaired) electrons. The van der Waals surface area contributed by atoms with E-state index in [1.807, 2.05) is 23.8 Å². The molecule has 4 nitrogen and oxygen atoms in total. The summed E-state index contributed by atoms with van der Waals surface area (Å²) in [5, 5.41) is 7.82. The van der Waals surface area contributed by atoms with Crippen molar-refractivity contribution in [2.45, 2.75) is 13.3 Å². The van der Waals surface area contributed by atoms with Crippen LogP contribution < -0.4 is 10.2 Å². The number of rotatable bonds is 6. The molecular formula is C15H16N2O2S. The molecule has 0 aliphatic carbocycles. The smallest absolute Gasteiger partial charge is 0.271 e. The Morgan fingerprint density at radius 1 is 1.35 bits per heavy atom. The minimum atomic E-state index is -0.237. The molecule has 0 atom stereocenters. The molecule has 0 fully saturated rings. The Kier molecular flexibility index (Phi) is 5.32. The van der Waals surface area contributed by atoms with Gasteiger partial charge >= 0.3 is 0 Å². The zero-order valence-electron chi connectivity index (χ0n) is 11.2. The largest absolute Gasteiger partial charge is 0.494 e. The molecule has 0 unspecified atom stereocenters. The molecule has 1 aromatic carbocycles. The molecule has 0 spiro atoms. The second-order valence-corrected chi connectivity index (χ2v) is 4.91. The molecule has 2 aromatic rings. The van der Waals surface area contributed by atoms with Crippen molar-refractivity contribution in [3.8, 4) is 5.75 Å². The first-order valence-electron chi connectivity index (χ1n) is 6.38. The first kappa shape index (κ1) is 14.3. The third-order valence-electron chi connectivity index (χ3n) is 2.51. The number of nitrogens with zero attached hydrogens (tertiary/aromatic N) is 1. The number of nitrogens with one attached hydrogen (secondary N) is 1. The summed E-state index contributed by atoms with van der Waals surface area (Å²) in [5.41, 5.74) is 4.02. The number of hydrazone groups is 1. The van der Waals surface area contributed by atoms with Gasteiger partial charge in [-0.1, -0.05) is 6.92 Å². The third-order valence-corrected chi connectivity index (χ3v) is 3.21. The number of amides is 1. The van der Waals surface area contributed by atoms with Gasteiger partial charge in [-0.3, -0.25) is 4.79 Å². The van der Waals surface area contributed by atoms with E-state index < -0.39 is 0 Å². The number of carbonyl (C=O) groups excluding carboxylic acids is 1. The maximum Gasteiger partial charge on any atom is 0.271 e. The number of thiophene rings is 1. The van der Waals surface area contributed by atoms with Gasteiger partial charge in [0.2, 0.25) is 0 Å². The monoisotopic (exact) mass is 288 g/mol. The van der Waals surface area contributed by atoms with Crippen molar-refractivity contribution in [2.24, 2.45) is 5.10 Å². The maximum atomic E-state index is 11.8. The highest BCUT2D eigenvalue weighted by Crippen LogP contribution is 2.12. The number of hydrogen-bond donors (Lipinski definition) is 1. The number of carbonyl (C=O) groups is 1. The highest BCUT2D eigenvalue weighted by Gasteiger charge is 2.04. The van der Waals surface area contributed by atoms with Crippen molar-refractivity contribution < 1.29 is 9.53 Å². The van der Waals surface area contributed by atoms with Crippen LogP contribution >= 0.6 is 11.3 Å². The van der Waals surface area contributed by atoms with Crippen LogP contribution in [0.4, 0.5) is 0 Å². The van der Waals surface area contributed by atoms with Gasteiger partial charge in [0, 0.05) is 11.1 Å². The van der Waals surface area contributed by atoms with E-state index in [1.54, 1.807) is 41.8 Å². The van der Waals surface area contributed by atoms with Crippen molar-refractivity contribution in [1.29, 1.82) is 0 Å². The van der Waals surface area contributed by atoms with E-state index in [1.165, 1.54) is 0 Å². The van der Waals surface area contributed by atoms with Crippen molar-refractivity contribution in [3.05, 3.63) is 52.2 Å². The van der Waals surface area contributed by atoms with Gasteiger partial charge in [-0.15, -0.1) is 0 Å². The van der Waals surface area contributed by atoms with Gasteiger partial charge in [-0.25, -0.2) is 5.43 Å². The predicted molar refractivity (Wildman–Crippen MR) is 81.6 cm³/mol. The molecule has 0 saturated heterocycles. The van der Waals surface area contributed by atoms with Crippen LogP contribution in [0.25, 0.3) is 0 Å². The quantitative estimate of drug-likeness (QED) is 0.655. The summed E-state index contributed by atoms with van der Waals surface area (Å²) in [5.74, 6) is 0.531. The number of hydrogen-bond acceptors (Lipinski definition) is 4. The molecule has 2 rings (SSSR count). The summed E-state index contributed by atoms with van der Waals surface area (Å²) < 4.78 is 5.46. The third kappa shape index (κ3) is 4.20. The minimum absolute atomic E-state index is 0.237. The van der Waals surface area contributed by atoms with E-state index in [2.05, 4.69) is 10.5 Å². The van der Waals surface area contributed by atoms with Crippen molar-refractivity contribution in [3.63, 3.8) is 0 Å². The first-order valence-corrected chi connectivity index (χ1v) is 7.32. The fraction of sp³-hybridized carbons (Fsp3) is 0.200. The summed E-state index contributed by atoms with van der Waals surface area (Å²) in [6, 6.07) is 8.95. The molecule has 104 valence electrons. The normalized spacial score (nSPS) is 10.7. The second kappa shape index (κ2) is 7.45. The van der Waals surface area contributed by atoms with Gasteiger partial charge in [0.1, 0.15) is 5.75 Å². The molecule has 1 aromatic heterocycles. The Labute approximate surface area is 122 Å². The molecule has 0 bridgehead atoms. The van der Waals surface area contributed by atoms with Crippen LogP contribution in [0.5, 0.6) is 5.75 Å². The van der Waals surface area contributed by atoms with Gasteiger partial charge in [0.15, 0.2) is 0 Å². The standard InChI is InChI=1S/C15H16N2O2S/c1-2-8-19-14-5-3-13(4-6-14)15(18)17-16-10-12-7-9-20-11-12/h3-7,9-11H,2,8H2,1H3,(H,17,18)/b16-10-. The van der Waals surface area contributed by atoms with Gasteiger partial charge < -0.3 is 4.74 Å². The van der Waals surface area contributed by atoms with Gasteiger partial charge in [-0.2, -0.15) is 16.4 Å². The van der Waals surface area contributed by atoms with Crippen molar-refractivity contribution in [2.75, 3.05) is 6.61 Å². The summed E-state index contributed by atoms with van der Waals surface area (Å²) >= 11 is 1.58. The number of benzene rings is 1. The molecule has 0 saturated carbocycles. The van der Waals surface area contributed by atoms with Crippen LogP contribution in [0.15, 0.2) is 46.2 Å². The van der Waals surface area contributed by atoms with Gasteiger partial charge in [0.25, 0.3) is 5.91 Å². The number of ether oxygens (including phenoxy) is 1. The molecule has 5 heteroatoms. The van der Waals surface area contributed by atoms with E-state index in [0.29, 0.717) is 12.2 Å². The lowest BCUT2D eigenvalue weighted by atomic mass is 10.2. The zero-order valence-corrected chi connectivity index (χ0v) is 12.0. The first-order chi connectivity index (χ1) is 9.79. The predicted octanol–water partition coefficient (Wildman–Crippen LogP) is 3.30. The fourth-order valence-corrected chi connectivity index (χ4v) is 2.11. The summed E-state index contributed by atoms with van der Waals surface area (Å²) in [7, 11) is 0. The van der Waals surface area contributed by atoms with E-state index in [4.69, 9.17) is 4.74 Å².